The molecule has 7 heteroatoms. The Morgan fingerprint density at radius 3 is 2.92 bits per heavy atom. The van der Waals surface area contributed by atoms with Gasteiger partial charge in [0.1, 0.15) is 11.4 Å². The van der Waals surface area contributed by atoms with E-state index in [4.69, 9.17) is 9.72 Å². The molecule has 38 heavy (non-hydrogen) atoms. The van der Waals surface area contributed by atoms with E-state index in [-0.39, 0.29) is 11.9 Å². The average Bonchev–Trinajstić information content (AvgIpc) is 3.59. The number of nitrogens with one attached hydrogen (secondary N) is 1. The van der Waals surface area contributed by atoms with Crippen LogP contribution < -0.4 is 5.32 Å². The monoisotopic (exact) mass is 515 g/mol. The SMILES string of the molecule is CC(C)(C)OC(=O)CC(CN1CC[C@@H](CCc2ccc3c(n2)NCCC3)C1)c1cccc(-n2cccn2)c1. The number of hydrogen-bond donors (Lipinski definition) is 1. The molecule has 3 aromatic rings. The second-order valence-corrected chi connectivity index (χ2v) is 11.8. The van der Waals surface area contributed by atoms with Gasteiger partial charge >= 0.3 is 5.97 Å². The lowest BCUT2D eigenvalue weighted by Gasteiger charge is -2.26. The van der Waals surface area contributed by atoms with E-state index in [0.717, 1.165) is 62.5 Å². The minimum absolute atomic E-state index is 0.0625. The van der Waals surface area contributed by atoms with Crippen LogP contribution in [0.3, 0.4) is 0 Å². The van der Waals surface area contributed by atoms with Crippen molar-refractivity contribution in [2.24, 2.45) is 5.92 Å². The van der Waals surface area contributed by atoms with E-state index in [9.17, 15) is 4.79 Å². The Balaban J connectivity index is 1.22. The third kappa shape index (κ3) is 7.01. The predicted molar refractivity (Wildman–Crippen MR) is 151 cm³/mol. The lowest BCUT2D eigenvalue weighted by Crippen LogP contribution is -2.30. The Labute approximate surface area is 226 Å². The van der Waals surface area contributed by atoms with E-state index >= 15 is 0 Å². The van der Waals surface area contributed by atoms with Gasteiger partial charge in [0.05, 0.1) is 12.1 Å². The highest BCUT2D eigenvalue weighted by Crippen LogP contribution is 2.29. The lowest BCUT2D eigenvalue weighted by atomic mass is 9.94. The molecular formula is C31H41N5O2. The molecule has 2 aromatic heterocycles. The summed E-state index contributed by atoms with van der Waals surface area (Å²) in [4.78, 5) is 20.3. The van der Waals surface area contributed by atoms with Gasteiger partial charge in [0.25, 0.3) is 0 Å². The zero-order valence-electron chi connectivity index (χ0n) is 23.0. The number of hydrogen-bond acceptors (Lipinski definition) is 6. The molecule has 1 fully saturated rings. The molecule has 0 spiro atoms. The molecule has 202 valence electrons. The zero-order chi connectivity index (χ0) is 26.5. The van der Waals surface area contributed by atoms with Gasteiger partial charge in [-0.2, -0.15) is 5.10 Å². The number of aromatic nitrogens is 3. The summed E-state index contributed by atoms with van der Waals surface area (Å²) in [6.45, 7) is 9.78. The van der Waals surface area contributed by atoms with Crippen molar-refractivity contribution >= 4 is 11.8 Å². The summed E-state index contributed by atoms with van der Waals surface area (Å²) in [5.74, 6) is 1.66. The summed E-state index contributed by atoms with van der Waals surface area (Å²) in [5, 5.41) is 7.84. The predicted octanol–water partition coefficient (Wildman–Crippen LogP) is 5.40. The van der Waals surface area contributed by atoms with Crippen LogP contribution in [0.1, 0.15) is 69.2 Å². The fraction of sp³-hybridized carbons (Fsp3) is 0.516. The Morgan fingerprint density at radius 2 is 2.11 bits per heavy atom. The molecule has 0 radical (unpaired) electrons. The van der Waals surface area contributed by atoms with Gasteiger partial charge in [-0.1, -0.05) is 18.2 Å². The first kappa shape index (κ1) is 26.4. The molecule has 2 aliphatic rings. The van der Waals surface area contributed by atoms with E-state index in [1.54, 1.807) is 6.20 Å². The van der Waals surface area contributed by atoms with E-state index in [0.29, 0.717) is 12.3 Å². The molecule has 0 amide bonds. The van der Waals surface area contributed by atoms with Crippen LogP contribution in [-0.2, 0) is 22.4 Å². The van der Waals surface area contributed by atoms with Crippen LogP contribution >= 0.6 is 0 Å². The molecule has 1 aromatic carbocycles. The highest BCUT2D eigenvalue weighted by molar-refractivity contribution is 5.71. The van der Waals surface area contributed by atoms with E-state index in [2.05, 4.69) is 51.7 Å². The van der Waals surface area contributed by atoms with Gasteiger partial charge in [-0.05, 0) is 101 Å². The Bertz CT molecular complexity index is 1220. The Morgan fingerprint density at radius 1 is 1.21 bits per heavy atom. The minimum Gasteiger partial charge on any atom is -0.460 e. The van der Waals surface area contributed by atoms with Crippen molar-refractivity contribution in [1.29, 1.82) is 0 Å². The number of benzene rings is 1. The third-order valence-electron chi connectivity index (χ3n) is 7.55. The van der Waals surface area contributed by atoms with Gasteiger partial charge in [0.2, 0.25) is 0 Å². The number of carbonyl (C=O) groups excluding carboxylic acids is 1. The summed E-state index contributed by atoms with van der Waals surface area (Å²) < 4.78 is 7.58. The number of esters is 1. The maximum Gasteiger partial charge on any atom is 0.306 e. The first-order valence-corrected chi connectivity index (χ1v) is 14.1. The molecular weight excluding hydrogens is 474 g/mol. The fourth-order valence-corrected chi connectivity index (χ4v) is 5.70. The van der Waals surface area contributed by atoms with Gasteiger partial charge < -0.3 is 15.0 Å². The zero-order valence-corrected chi connectivity index (χ0v) is 23.0. The van der Waals surface area contributed by atoms with Crippen molar-refractivity contribution in [1.82, 2.24) is 19.7 Å². The number of ether oxygens (including phenoxy) is 1. The number of pyridine rings is 1. The van der Waals surface area contributed by atoms with Gasteiger partial charge in [0, 0.05) is 43.6 Å². The van der Waals surface area contributed by atoms with Crippen LogP contribution in [0.5, 0.6) is 0 Å². The van der Waals surface area contributed by atoms with Gasteiger partial charge in [-0.25, -0.2) is 9.67 Å². The molecule has 0 saturated carbocycles. The van der Waals surface area contributed by atoms with Crippen LogP contribution in [0.15, 0.2) is 54.9 Å². The molecule has 2 aliphatic heterocycles. The van der Waals surface area contributed by atoms with Crippen molar-refractivity contribution in [3.63, 3.8) is 0 Å². The summed E-state index contributed by atoms with van der Waals surface area (Å²) in [5.41, 5.74) is 4.21. The average molecular weight is 516 g/mol. The van der Waals surface area contributed by atoms with Crippen LogP contribution in [0.4, 0.5) is 5.82 Å². The minimum atomic E-state index is -0.489. The summed E-state index contributed by atoms with van der Waals surface area (Å²) in [6, 6.07) is 14.8. The van der Waals surface area contributed by atoms with Crippen molar-refractivity contribution in [2.45, 2.75) is 70.8 Å². The second-order valence-electron chi connectivity index (χ2n) is 11.8. The van der Waals surface area contributed by atoms with Crippen LogP contribution in [0, 0.1) is 5.92 Å². The standard InChI is InChI=1S/C31H41N5O2/c1-31(2,3)38-29(37)20-26(25-7-4-9-28(19-25)36-17-6-16-33-36)22-35-18-14-23(21-35)10-12-27-13-11-24-8-5-15-32-30(24)34-27/h4,6-7,9,11,13,16-17,19,23,26H,5,8,10,12,14-15,18,20-22H2,1-3H3,(H,32,34)/t23-,26?/m1/s1. The third-order valence-corrected chi connectivity index (χ3v) is 7.55. The molecule has 1 saturated heterocycles. The maximum absolute atomic E-state index is 12.9. The topological polar surface area (TPSA) is 72.3 Å². The highest BCUT2D eigenvalue weighted by Gasteiger charge is 2.28. The maximum atomic E-state index is 12.9. The summed E-state index contributed by atoms with van der Waals surface area (Å²) >= 11 is 0. The van der Waals surface area contributed by atoms with Crippen molar-refractivity contribution in [3.05, 3.63) is 71.7 Å². The van der Waals surface area contributed by atoms with E-state index in [1.807, 2.05) is 37.7 Å². The number of fused-ring (bicyclic) bond motifs is 1. The normalized spacial score (nSPS) is 18.6. The summed E-state index contributed by atoms with van der Waals surface area (Å²) in [6.07, 6.45) is 9.76. The Hall–Kier alpha value is -3.19. The van der Waals surface area contributed by atoms with Crippen LogP contribution in [0.25, 0.3) is 5.69 Å². The number of aryl methyl sites for hydroxylation is 2. The van der Waals surface area contributed by atoms with Crippen molar-refractivity contribution in [3.8, 4) is 5.69 Å². The fourth-order valence-electron chi connectivity index (χ4n) is 5.70. The van der Waals surface area contributed by atoms with Gasteiger partial charge in [0.15, 0.2) is 0 Å². The lowest BCUT2D eigenvalue weighted by molar-refractivity contribution is -0.155. The van der Waals surface area contributed by atoms with E-state index < -0.39 is 5.60 Å². The van der Waals surface area contributed by atoms with Crippen molar-refractivity contribution < 1.29 is 9.53 Å². The number of nitrogens with zero attached hydrogens (tertiary/aromatic N) is 4. The second kappa shape index (κ2) is 11.7. The molecule has 1 N–H and O–H groups in total. The van der Waals surface area contributed by atoms with Crippen molar-refractivity contribution in [2.75, 3.05) is 31.5 Å². The highest BCUT2D eigenvalue weighted by atomic mass is 16.6. The molecule has 1 unspecified atom stereocenters. The Kier molecular flexibility index (Phi) is 8.12. The molecule has 5 rings (SSSR count). The number of anilines is 1. The molecule has 0 aliphatic carbocycles. The van der Waals surface area contributed by atoms with Gasteiger partial charge in [-0.3, -0.25) is 4.79 Å². The molecule has 4 heterocycles. The first-order valence-electron chi connectivity index (χ1n) is 14.1. The number of likely N-dealkylation sites (tertiary alicyclic amines) is 1. The largest absolute Gasteiger partial charge is 0.460 e. The van der Waals surface area contributed by atoms with Crippen LogP contribution in [0.2, 0.25) is 0 Å². The van der Waals surface area contributed by atoms with E-state index in [1.165, 1.54) is 24.1 Å². The van der Waals surface area contributed by atoms with Crippen LogP contribution in [-0.4, -0.2) is 57.4 Å². The molecule has 0 bridgehead atoms. The summed E-state index contributed by atoms with van der Waals surface area (Å²) in [7, 11) is 0. The number of carbonyl (C=O) groups is 1. The quantitative estimate of drug-likeness (QED) is 0.385. The molecule has 2 atom stereocenters. The molecule has 7 nitrogen and oxygen atoms in total. The van der Waals surface area contributed by atoms with Gasteiger partial charge in [-0.15, -0.1) is 0 Å². The smallest absolute Gasteiger partial charge is 0.306 e. The first-order chi connectivity index (χ1) is 18.3. The number of rotatable bonds is 9.